The number of ether oxygens (including phenoxy) is 2. The Labute approximate surface area is 151 Å². The van der Waals surface area contributed by atoms with E-state index in [-0.39, 0.29) is 6.09 Å². The van der Waals surface area contributed by atoms with Crippen LogP contribution in [0.2, 0.25) is 0 Å². The second-order valence-corrected chi connectivity index (χ2v) is 7.94. The third-order valence-electron chi connectivity index (χ3n) is 3.84. The lowest BCUT2D eigenvalue weighted by Crippen LogP contribution is -2.42. The second kappa shape index (κ2) is 8.01. The lowest BCUT2D eigenvalue weighted by Gasteiger charge is -2.33. The Balaban J connectivity index is 1.82. The first kappa shape index (κ1) is 18.8. The molecule has 0 bridgehead atoms. The van der Waals surface area contributed by atoms with Gasteiger partial charge in [0.15, 0.2) is 6.29 Å². The van der Waals surface area contributed by atoms with Gasteiger partial charge in [-0.1, -0.05) is 15.9 Å². The van der Waals surface area contributed by atoms with E-state index in [0.717, 1.165) is 23.6 Å². The summed E-state index contributed by atoms with van der Waals surface area (Å²) < 4.78 is 12.1. The predicted molar refractivity (Wildman–Crippen MR) is 95.6 cm³/mol. The first-order chi connectivity index (χ1) is 11.3. The van der Waals surface area contributed by atoms with Crippen LogP contribution in [0, 0.1) is 5.92 Å². The third-order valence-corrected chi connectivity index (χ3v) is 4.34. The molecule has 0 spiro atoms. The number of nitrogens with zero attached hydrogens (tertiary/aromatic N) is 1. The number of halogens is 1. The van der Waals surface area contributed by atoms with Crippen molar-refractivity contribution in [3.05, 3.63) is 28.2 Å². The van der Waals surface area contributed by atoms with Gasteiger partial charge in [-0.05, 0) is 57.7 Å². The van der Waals surface area contributed by atoms with Crippen molar-refractivity contribution in [3.63, 3.8) is 0 Å². The predicted octanol–water partition coefficient (Wildman–Crippen LogP) is 4.29. The van der Waals surface area contributed by atoms with Crippen molar-refractivity contribution in [2.75, 3.05) is 19.7 Å². The third kappa shape index (κ3) is 5.51. The number of amides is 1. The van der Waals surface area contributed by atoms with Crippen LogP contribution in [0.1, 0.15) is 44.0 Å². The molecule has 6 heteroatoms. The Kier molecular flexibility index (Phi) is 6.27. The van der Waals surface area contributed by atoms with Gasteiger partial charge in [0.2, 0.25) is 0 Å². The summed E-state index contributed by atoms with van der Waals surface area (Å²) in [6.45, 7) is 7.49. The van der Waals surface area contributed by atoms with Crippen LogP contribution >= 0.6 is 15.9 Å². The first-order valence-corrected chi connectivity index (χ1v) is 8.93. The van der Waals surface area contributed by atoms with E-state index >= 15 is 0 Å². The molecule has 1 saturated heterocycles. The molecular weight excluding hydrogens is 374 g/mol. The highest BCUT2D eigenvalue weighted by atomic mass is 79.9. The fraction of sp³-hybridized carbons (Fsp3) is 0.556. The monoisotopic (exact) mass is 397 g/mol. The second-order valence-electron chi connectivity index (χ2n) is 7.02. The van der Waals surface area contributed by atoms with E-state index in [2.05, 4.69) is 15.9 Å². The summed E-state index contributed by atoms with van der Waals surface area (Å²) in [4.78, 5) is 24.9. The van der Waals surface area contributed by atoms with Gasteiger partial charge < -0.3 is 14.4 Å². The van der Waals surface area contributed by atoms with Crippen molar-refractivity contribution in [3.8, 4) is 5.75 Å². The average molecular weight is 398 g/mol. The standard InChI is InChI=1S/C18H24BrNO4/c1-18(2,3)24-17(22)20-8-6-13(7-9-20)12-23-16-10-15(19)5-4-14(16)11-21/h4-5,10-11,13H,6-9,12H2,1-3H3. The number of benzene rings is 1. The largest absolute Gasteiger partial charge is 0.493 e. The van der Waals surface area contributed by atoms with E-state index in [1.807, 2.05) is 26.8 Å². The number of rotatable bonds is 4. The molecule has 0 atom stereocenters. The van der Waals surface area contributed by atoms with Crippen LogP contribution in [0.3, 0.4) is 0 Å². The van der Waals surface area contributed by atoms with E-state index < -0.39 is 5.60 Å². The smallest absolute Gasteiger partial charge is 0.410 e. The average Bonchev–Trinajstić information content (AvgIpc) is 2.52. The summed E-state index contributed by atoms with van der Waals surface area (Å²) in [5.41, 5.74) is 0.0765. The molecule has 1 heterocycles. The van der Waals surface area contributed by atoms with Gasteiger partial charge in [-0.15, -0.1) is 0 Å². The van der Waals surface area contributed by atoms with E-state index in [1.165, 1.54) is 0 Å². The minimum absolute atomic E-state index is 0.253. The van der Waals surface area contributed by atoms with Gasteiger partial charge >= 0.3 is 6.09 Å². The van der Waals surface area contributed by atoms with Crippen molar-refractivity contribution in [1.82, 2.24) is 4.90 Å². The topological polar surface area (TPSA) is 55.8 Å². The lowest BCUT2D eigenvalue weighted by molar-refractivity contribution is 0.0164. The molecule has 132 valence electrons. The van der Waals surface area contributed by atoms with Gasteiger partial charge in [0, 0.05) is 17.6 Å². The van der Waals surface area contributed by atoms with Gasteiger partial charge in [0.05, 0.1) is 12.2 Å². The van der Waals surface area contributed by atoms with E-state index in [1.54, 1.807) is 17.0 Å². The normalized spacial score (nSPS) is 15.9. The van der Waals surface area contributed by atoms with Crippen molar-refractivity contribution < 1.29 is 19.1 Å². The molecule has 1 aromatic rings. The molecule has 2 rings (SSSR count). The quantitative estimate of drug-likeness (QED) is 0.711. The summed E-state index contributed by atoms with van der Waals surface area (Å²) in [6.07, 6.45) is 2.28. The van der Waals surface area contributed by atoms with E-state index in [0.29, 0.717) is 36.9 Å². The molecular formula is C18H24BrNO4. The Hall–Kier alpha value is -1.56. The van der Waals surface area contributed by atoms with Crippen molar-refractivity contribution in [1.29, 1.82) is 0 Å². The molecule has 1 aliphatic rings. The Morgan fingerprint density at radius 3 is 2.58 bits per heavy atom. The van der Waals surface area contributed by atoms with Crippen LogP contribution in [0.15, 0.2) is 22.7 Å². The first-order valence-electron chi connectivity index (χ1n) is 8.14. The van der Waals surface area contributed by atoms with Gasteiger partial charge in [-0.2, -0.15) is 0 Å². The number of hydrogen-bond acceptors (Lipinski definition) is 4. The molecule has 5 nitrogen and oxygen atoms in total. The Morgan fingerprint density at radius 1 is 1.33 bits per heavy atom. The summed E-state index contributed by atoms with van der Waals surface area (Å²) in [5.74, 6) is 0.955. The summed E-state index contributed by atoms with van der Waals surface area (Å²) in [6, 6.07) is 5.35. The van der Waals surface area contributed by atoms with Gasteiger partial charge in [0.1, 0.15) is 11.4 Å². The number of aldehydes is 1. The zero-order valence-corrected chi connectivity index (χ0v) is 16.0. The number of carbonyl (C=O) groups excluding carboxylic acids is 2. The van der Waals surface area contributed by atoms with Crippen molar-refractivity contribution in [2.24, 2.45) is 5.92 Å². The molecule has 0 unspecified atom stereocenters. The zero-order valence-electron chi connectivity index (χ0n) is 14.4. The van der Waals surface area contributed by atoms with Crippen LogP contribution in [0.4, 0.5) is 4.79 Å². The molecule has 0 aromatic heterocycles. The van der Waals surface area contributed by atoms with Crippen molar-refractivity contribution >= 4 is 28.3 Å². The molecule has 0 saturated carbocycles. The molecule has 1 aromatic carbocycles. The summed E-state index contributed by atoms with van der Waals surface area (Å²) >= 11 is 3.39. The van der Waals surface area contributed by atoms with Crippen LogP contribution in [-0.4, -0.2) is 42.6 Å². The number of hydrogen-bond donors (Lipinski definition) is 0. The van der Waals surface area contributed by atoms with Gasteiger partial charge in [-0.25, -0.2) is 4.79 Å². The Bertz CT molecular complexity index is 589. The highest BCUT2D eigenvalue weighted by molar-refractivity contribution is 9.10. The number of carbonyl (C=O) groups is 2. The van der Waals surface area contributed by atoms with Gasteiger partial charge in [0.25, 0.3) is 0 Å². The summed E-state index contributed by atoms with van der Waals surface area (Å²) in [7, 11) is 0. The zero-order chi connectivity index (χ0) is 17.7. The highest BCUT2D eigenvalue weighted by Crippen LogP contribution is 2.25. The fourth-order valence-corrected chi connectivity index (χ4v) is 2.89. The fourth-order valence-electron chi connectivity index (χ4n) is 2.55. The molecule has 0 aliphatic carbocycles. The Morgan fingerprint density at radius 2 is 2.00 bits per heavy atom. The molecule has 1 fully saturated rings. The van der Waals surface area contributed by atoms with Crippen molar-refractivity contribution in [2.45, 2.75) is 39.2 Å². The molecule has 1 aliphatic heterocycles. The van der Waals surface area contributed by atoms with Crippen LogP contribution in [-0.2, 0) is 4.74 Å². The number of likely N-dealkylation sites (tertiary alicyclic amines) is 1. The van der Waals surface area contributed by atoms with Crippen LogP contribution in [0.5, 0.6) is 5.75 Å². The minimum atomic E-state index is -0.469. The highest BCUT2D eigenvalue weighted by Gasteiger charge is 2.27. The van der Waals surface area contributed by atoms with Crippen LogP contribution < -0.4 is 4.74 Å². The van der Waals surface area contributed by atoms with Crippen LogP contribution in [0.25, 0.3) is 0 Å². The molecule has 24 heavy (non-hydrogen) atoms. The SMILES string of the molecule is CC(C)(C)OC(=O)N1CCC(COc2cc(Br)ccc2C=O)CC1. The maximum atomic E-state index is 12.0. The minimum Gasteiger partial charge on any atom is -0.493 e. The molecule has 0 radical (unpaired) electrons. The maximum absolute atomic E-state index is 12.0. The molecule has 1 amide bonds. The number of piperidine rings is 1. The van der Waals surface area contributed by atoms with Gasteiger partial charge in [-0.3, -0.25) is 4.79 Å². The maximum Gasteiger partial charge on any atom is 0.410 e. The summed E-state index contributed by atoms with van der Waals surface area (Å²) in [5, 5.41) is 0. The molecule has 0 N–H and O–H groups in total. The lowest BCUT2D eigenvalue weighted by atomic mass is 9.98. The van der Waals surface area contributed by atoms with E-state index in [4.69, 9.17) is 9.47 Å². The van der Waals surface area contributed by atoms with E-state index in [9.17, 15) is 9.59 Å².